The first kappa shape index (κ1) is 15.6. The van der Waals surface area contributed by atoms with E-state index in [4.69, 9.17) is 5.73 Å². The Morgan fingerprint density at radius 2 is 1.81 bits per heavy atom. The second kappa shape index (κ2) is 8.49. The average Bonchev–Trinajstić information content (AvgIpc) is 2.46. The third-order valence-electron chi connectivity index (χ3n) is 3.99. The molecule has 0 spiro atoms. The molecule has 0 heterocycles. The monoisotopic (exact) mass is 284 g/mol. The van der Waals surface area contributed by atoms with Crippen LogP contribution in [-0.4, -0.2) is 12.5 Å². The number of hydrogen-bond donors (Lipinski definition) is 2. The van der Waals surface area contributed by atoms with Crippen molar-refractivity contribution >= 4 is 11.6 Å². The van der Waals surface area contributed by atoms with Crippen molar-refractivity contribution in [2.45, 2.75) is 44.9 Å². The van der Waals surface area contributed by atoms with Gasteiger partial charge >= 0.3 is 0 Å². The second-order valence-corrected chi connectivity index (χ2v) is 5.58. The predicted octanol–water partition coefficient (Wildman–Crippen LogP) is 3.30. The Morgan fingerprint density at radius 3 is 2.52 bits per heavy atom. The van der Waals surface area contributed by atoms with Crippen molar-refractivity contribution < 1.29 is 4.79 Å². The molecule has 0 unspecified atom stereocenters. The normalized spacial score (nSPS) is 16.2. The highest BCUT2D eigenvalue weighted by Gasteiger charge is 2.19. The van der Waals surface area contributed by atoms with Crippen molar-refractivity contribution in [1.29, 1.82) is 0 Å². The number of amides is 1. The van der Waals surface area contributed by atoms with Crippen LogP contribution in [0.1, 0.15) is 50.5 Å². The number of anilines is 1. The van der Waals surface area contributed by atoms with Crippen molar-refractivity contribution in [2.75, 3.05) is 11.9 Å². The molecule has 0 radical (unpaired) electrons. The van der Waals surface area contributed by atoms with Gasteiger partial charge in [0.2, 0.25) is 5.91 Å². The Balaban J connectivity index is 2.04. The van der Waals surface area contributed by atoms with Crippen molar-refractivity contribution in [2.24, 2.45) is 11.7 Å². The summed E-state index contributed by atoms with van der Waals surface area (Å²) in [7, 11) is 0. The molecule has 1 amide bonds. The van der Waals surface area contributed by atoms with Gasteiger partial charge in [-0.25, -0.2) is 0 Å². The van der Waals surface area contributed by atoms with Crippen LogP contribution < -0.4 is 11.1 Å². The van der Waals surface area contributed by atoms with Gasteiger partial charge in [-0.1, -0.05) is 56.1 Å². The Kier molecular flexibility index (Phi) is 6.30. The number of nitrogens with one attached hydrogen (secondary N) is 1. The number of rotatable bonds is 2. The number of para-hydroxylation sites is 1. The predicted molar refractivity (Wildman–Crippen MR) is 86.8 cm³/mol. The van der Waals surface area contributed by atoms with E-state index >= 15 is 0 Å². The molecule has 1 saturated carbocycles. The highest BCUT2D eigenvalue weighted by atomic mass is 16.1. The van der Waals surface area contributed by atoms with Gasteiger partial charge in [0.05, 0.1) is 12.2 Å². The van der Waals surface area contributed by atoms with Gasteiger partial charge in [-0.3, -0.25) is 4.79 Å². The molecule has 21 heavy (non-hydrogen) atoms. The maximum absolute atomic E-state index is 12.5. The largest absolute Gasteiger partial charge is 0.325 e. The van der Waals surface area contributed by atoms with Crippen molar-refractivity contribution in [3.8, 4) is 11.8 Å². The van der Waals surface area contributed by atoms with Crippen LogP contribution in [0.4, 0.5) is 5.69 Å². The van der Waals surface area contributed by atoms with E-state index in [1.807, 2.05) is 24.3 Å². The van der Waals surface area contributed by atoms with E-state index in [9.17, 15) is 4.79 Å². The van der Waals surface area contributed by atoms with Crippen molar-refractivity contribution in [1.82, 2.24) is 0 Å². The van der Waals surface area contributed by atoms with E-state index in [1.165, 1.54) is 19.3 Å². The maximum atomic E-state index is 12.5. The van der Waals surface area contributed by atoms with Gasteiger partial charge < -0.3 is 11.1 Å². The summed E-state index contributed by atoms with van der Waals surface area (Å²) in [5.41, 5.74) is 7.05. The summed E-state index contributed by atoms with van der Waals surface area (Å²) < 4.78 is 0. The first-order chi connectivity index (χ1) is 10.3. The van der Waals surface area contributed by atoms with E-state index < -0.39 is 0 Å². The zero-order valence-corrected chi connectivity index (χ0v) is 12.5. The van der Waals surface area contributed by atoms with E-state index in [0.717, 1.165) is 36.9 Å². The molecule has 1 aromatic rings. The van der Waals surface area contributed by atoms with Crippen LogP contribution in [0.5, 0.6) is 0 Å². The zero-order valence-electron chi connectivity index (χ0n) is 12.5. The minimum Gasteiger partial charge on any atom is -0.325 e. The van der Waals surface area contributed by atoms with Crippen LogP contribution in [0, 0.1) is 17.8 Å². The summed E-state index contributed by atoms with van der Waals surface area (Å²) in [6.07, 6.45) is 8.14. The Hall–Kier alpha value is -1.79. The lowest BCUT2D eigenvalue weighted by Gasteiger charge is -2.19. The Bertz CT molecular complexity index is 520. The van der Waals surface area contributed by atoms with Gasteiger partial charge in [-0.2, -0.15) is 0 Å². The van der Waals surface area contributed by atoms with Gasteiger partial charge in [-0.15, -0.1) is 0 Å². The molecular formula is C18H24N2O. The third-order valence-corrected chi connectivity index (χ3v) is 3.99. The summed E-state index contributed by atoms with van der Waals surface area (Å²) in [4.78, 5) is 12.5. The first-order valence-corrected chi connectivity index (χ1v) is 7.90. The summed E-state index contributed by atoms with van der Waals surface area (Å²) in [5.74, 6) is 6.13. The van der Waals surface area contributed by atoms with E-state index in [0.29, 0.717) is 6.54 Å². The highest BCUT2D eigenvalue weighted by molar-refractivity contribution is 5.93. The molecule has 112 valence electrons. The molecule has 1 fully saturated rings. The molecule has 0 aliphatic heterocycles. The molecule has 0 saturated heterocycles. The van der Waals surface area contributed by atoms with Crippen LogP contribution >= 0.6 is 0 Å². The second-order valence-electron chi connectivity index (χ2n) is 5.58. The standard InChI is InChI=1S/C18H24N2O/c19-14-8-12-15-9-6-7-13-17(15)20-18(21)16-10-4-2-1-3-5-11-16/h6-7,9,13,16H,1-5,10-11,14,19H2,(H,20,21). The van der Waals surface area contributed by atoms with Crippen LogP contribution in [0.2, 0.25) is 0 Å². The topological polar surface area (TPSA) is 55.1 Å². The molecule has 3 heteroatoms. The fourth-order valence-corrected chi connectivity index (χ4v) is 2.80. The molecule has 2 rings (SSSR count). The zero-order chi connectivity index (χ0) is 14.9. The summed E-state index contributed by atoms with van der Waals surface area (Å²) in [6.45, 7) is 0.324. The fraction of sp³-hybridized carbons (Fsp3) is 0.500. The minimum atomic E-state index is 0.138. The molecule has 3 N–H and O–H groups in total. The van der Waals surface area contributed by atoms with E-state index in [2.05, 4.69) is 17.2 Å². The van der Waals surface area contributed by atoms with Gasteiger partial charge in [-0.05, 0) is 25.0 Å². The quantitative estimate of drug-likeness (QED) is 0.819. The van der Waals surface area contributed by atoms with Crippen molar-refractivity contribution in [3.63, 3.8) is 0 Å². The third kappa shape index (κ3) is 4.91. The minimum absolute atomic E-state index is 0.138. The van der Waals surface area contributed by atoms with Gasteiger partial charge in [0.25, 0.3) is 0 Å². The summed E-state index contributed by atoms with van der Waals surface area (Å²) >= 11 is 0. The number of carbonyl (C=O) groups is 1. The SMILES string of the molecule is NCC#Cc1ccccc1NC(=O)C1CCCCCCC1. The molecule has 0 atom stereocenters. The van der Waals surface area contributed by atoms with E-state index in [1.54, 1.807) is 0 Å². The number of nitrogens with two attached hydrogens (primary N) is 1. The number of hydrogen-bond acceptors (Lipinski definition) is 2. The molecule has 1 aliphatic rings. The smallest absolute Gasteiger partial charge is 0.227 e. The highest BCUT2D eigenvalue weighted by Crippen LogP contribution is 2.24. The number of carbonyl (C=O) groups excluding carboxylic acids is 1. The lowest BCUT2D eigenvalue weighted by Crippen LogP contribution is -2.24. The maximum Gasteiger partial charge on any atom is 0.227 e. The van der Waals surface area contributed by atoms with Gasteiger partial charge in [0.15, 0.2) is 0 Å². The van der Waals surface area contributed by atoms with Gasteiger partial charge in [0.1, 0.15) is 0 Å². The van der Waals surface area contributed by atoms with Crippen LogP contribution in [0.15, 0.2) is 24.3 Å². The molecule has 0 bridgehead atoms. The van der Waals surface area contributed by atoms with Crippen LogP contribution in [0.3, 0.4) is 0 Å². The van der Waals surface area contributed by atoms with Crippen LogP contribution in [-0.2, 0) is 4.79 Å². The lowest BCUT2D eigenvalue weighted by molar-refractivity contribution is -0.120. The molecule has 1 aromatic carbocycles. The molecular weight excluding hydrogens is 260 g/mol. The lowest BCUT2D eigenvalue weighted by atomic mass is 9.90. The van der Waals surface area contributed by atoms with Gasteiger partial charge in [0, 0.05) is 11.5 Å². The van der Waals surface area contributed by atoms with E-state index in [-0.39, 0.29) is 11.8 Å². The first-order valence-electron chi connectivity index (χ1n) is 7.90. The number of benzene rings is 1. The molecule has 3 nitrogen and oxygen atoms in total. The van der Waals surface area contributed by atoms with Crippen molar-refractivity contribution in [3.05, 3.63) is 29.8 Å². The summed E-state index contributed by atoms with van der Waals surface area (Å²) in [5, 5.41) is 3.06. The molecule has 0 aromatic heterocycles. The summed E-state index contributed by atoms with van der Waals surface area (Å²) in [6, 6.07) is 7.66. The fourth-order valence-electron chi connectivity index (χ4n) is 2.80. The Labute approximate surface area is 127 Å². The average molecular weight is 284 g/mol. The molecule has 1 aliphatic carbocycles. The van der Waals surface area contributed by atoms with Crippen LogP contribution in [0.25, 0.3) is 0 Å². The Morgan fingerprint density at radius 1 is 1.14 bits per heavy atom.